The van der Waals surface area contributed by atoms with Crippen molar-refractivity contribution in [3.63, 3.8) is 0 Å². The van der Waals surface area contributed by atoms with Crippen LogP contribution in [0.2, 0.25) is 5.15 Å². The molecule has 1 fully saturated rings. The summed E-state index contributed by atoms with van der Waals surface area (Å²) in [5, 5.41) is 0.293. The van der Waals surface area contributed by atoms with Crippen LogP contribution in [0.15, 0.2) is 12.1 Å². The van der Waals surface area contributed by atoms with Gasteiger partial charge in [0.25, 0.3) is 5.92 Å². The molecule has 0 N–H and O–H groups in total. The summed E-state index contributed by atoms with van der Waals surface area (Å²) in [5.41, 5.74) is 0.409. The number of halogens is 3. The van der Waals surface area contributed by atoms with Crippen LogP contribution in [-0.2, 0) is 4.74 Å². The molecule has 158 valence electrons. The number of ether oxygens (including phenoxy) is 1. The van der Waals surface area contributed by atoms with Crippen LogP contribution in [0.5, 0.6) is 0 Å². The standard InChI is InChI=1S/C20H30ClF2N3O2/c1-6-14(7-9-25(5)18(27)28-19(2,3)4)15-11-16(21)24-17(12-15)26-10-8-20(22,23)13-26/h11-12,14H,6-10,13H2,1-5H3. The zero-order chi connectivity index (χ0) is 21.1. The van der Waals surface area contributed by atoms with Crippen molar-refractivity contribution in [1.82, 2.24) is 9.88 Å². The molecule has 0 spiro atoms. The minimum Gasteiger partial charge on any atom is -0.444 e. The summed E-state index contributed by atoms with van der Waals surface area (Å²) in [4.78, 5) is 19.5. The molecule has 1 aliphatic heterocycles. The lowest BCUT2D eigenvalue weighted by Crippen LogP contribution is -2.35. The van der Waals surface area contributed by atoms with Gasteiger partial charge in [0, 0.05) is 26.6 Å². The third-order valence-electron chi connectivity index (χ3n) is 4.78. The maximum absolute atomic E-state index is 13.6. The van der Waals surface area contributed by atoms with Crippen LogP contribution in [-0.4, -0.2) is 54.2 Å². The van der Waals surface area contributed by atoms with Gasteiger partial charge in [-0.25, -0.2) is 18.6 Å². The number of anilines is 1. The van der Waals surface area contributed by atoms with E-state index in [1.54, 1.807) is 22.9 Å². The number of aromatic nitrogens is 1. The zero-order valence-corrected chi connectivity index (χ0v) is 18.0. The third kappa shape index (κ3) is 6.47. The molecule has 1 aromatic rings. The maximum Gasteiger partial charge on any atom is 0.410 e. The van der Waals surface area contributed by atoms with Crippen LogP contribution >= 0.6 is 11.6 Å². The second-order valence-electron chi connectivity index (χ2n) is 8.40. The van der Waals surface area contributed by atoms with Crippen LogP contribution in [0.4, 0.5) is 19.4 Å². The van der Waals surface area contributed by atoms with E-state index in [0.717, 1.165) is 12.0 Å². The Morgan fingerprint density at radius 1 is 1.43 bits per heavy atom. The fraction of sp³-hybridized carbons (Fsp3) is 0.700. The van der Waals surface area contributed by atoms with Crippen molar-refractivity contribution in [2.75, 3.05) is 31.6 Å². The van der Waals surface area contributed by atoms with E-state index in [1.165, 1.54) is 0 Å². The van der Waals surface area contributed by atoms with Crippen molar-refractivity contribution in [2.24, 2.45) is 0 Å². The van der Waals surface area contributed by atoms with Gasteiger partial charge in [0.05, 0.1) is 6.54 Å². The molecule has 1 unspecified atom stereocenters. The van der Waals surface area contributed by atoms with Gasteiger partial charge in [-0.3, -0.25) is 0 Å². The highest BCUT2D eigenvalue weighted by Crippen LogP contribution is 2.33. The van der Waals surface area contributed by atoms with Crippen molar-refractivity contribution in [1.29, 1.82) is 0 Å². The topological polar surface area (TPSA) is 45.7 Å². The first kappa shape index (κ1) is 22.7. The predicted octanol–water partition coefficient (Wildman–Crippen LogP) is 5.33. The molecule has 2 heterocycles. The molecule has 1 aromatic heterocycles. The van der Waals surface area contributed by atoms with Gasteiger partial charge < -0.3 is 14.5 Å². The smallest absolute Gasteiger partial charge is 0.410 e. The molecule has 0 aliphatic carbocycles. The summed E-state index contributed by atoms with van der Waals surface area (Å²) in [5.74, 6) is -2.07. The molecular formula is C20H30ClF2N3O2. The summed E-state index contributed by atoms with van der Waals surface area (Å²) in [7, 11) is 1.71. The monoisotopic (exact) mass is 417 g/mol. The molecule has 0 saturated carbocycles. The Morgan fingerprint density at radius 3 is 2.64 bits per heavy atom. The van der Waals surface area contributed by atoms with Crippen LogP contribution < -0.4 is 4.90 Å². The number of pyridine rings is 1. The van der Waals surface area contributed by atoms with Gasteiger partial charge in [-0.15, -0.1) is 0 Å². The molecular weight excluding hydrogens is 388 g/mol. The maximum atomic E-state index is 13.6. The number of amides is 1. The van der Waals surface area contributed by atoms with Crippen LogP contribution in [0, 0.1) is 0 Å². The minimum absolute atomic E-state index is 0.132. The number of carbonyl (C=O) groups is 1. The van der Waals surface area contributed by atoms with E-state index >= 15 is 0 Å². The van der Waals surface area contributed by atoms with Crippen molar-refractivity contribution >= 4 is 23.5 Å². The Balaban J connectivity index is 2.06. The summed E-state index contributed by atoms with van der Waals surface area (Å²) < 4.78 is 32.5. The highest BCUT2D eigenvalue weighted by Gasteiger charge is 2.39. The first-order chi connectivity index (χ1) is 12.9. The van der Waals surface area contributed by atoms with Crippen molar-refractivity contribution in [3.8, 4) is 0 Å². The highest BCUT2D eigenvalue weighted by atomic mass is 35.5. The molecule has 1 amide bonds. The molecule has 0 bridgehead atoms. The first-order valence-electron chi connectivity index (χ1n) is 9.64. The summed E-state index contributed by atoms with van der Waals surface area (Å²) in [6, 6.07) is 3.62. The van der Waals surface area contributed by atoms with E-state index < -0.39 is 11.5 Å². The van der Waals surface area contributed by atoms with Gasteiger partial charge in [-0.2, -0.15) is 0 Å². The van der Waals surface area contributed by atoms with Gasteiger partial charge in [-0.05, 0) is 57.2 Å². The van der Waals surface area contributed by atoms with Crippen LogP contribution in [0.3, 0.4) is 0 Å². The molecule has 5 nitrogen and oxygen atoms in total. The lowest BCUT2D eigenvalue weighted by atomic mass is 9.93. The first-order valence-corrected chi connectivity index (χ1v) is 10.0. The second-order valence-corrected chi connectivity index (χ2v) is 8.79. The molecule has 2 rings (SSSR count). The van der Waals surface area contributed by atoms with Crippen LogP contribution in [0.25, 0.3) is 0 Å². The van der Waals surface area contributed by atoms with E-state index in [1.807, 2.05) is 26.8 Å². The Bertz CT molecular complexity index is 695. The molecule has 1 atom stereocenters. The normalized spacial score (nSPS) is 17.5. The van der Waals surface area contributed by atoms with Gasteiger partial charge in [0.2, 0.25) is 0 Å². The number of carbonyl (C=O) groups excluding carboxylic acids is 1. The zero-order valence-electron chi connectivity index (χ0n) is 17.3. The quantitative estimate of drug-likeness (QED) is 0.587. The van der Waals surface area contributed by atoms with Gasteiger partial charge >= 0.3 is 6.09 Å². The average molecular weight is 418 g/mol. The Hall–Kier alpha value is -1.63. The second kappa shape index (κ2) is 8.80. The third-order valence-corrected chi connectivity index (χ3v) is 4.97. The van der Waals surface area contributed by atoms with Crippen LogP contribution in [0.1, 0.15) is 58.4 Å². The fourth-order valence-corrected chi connectivity index (χ4v) is 3.43. The number of hydrogen-bond donors (Lipinski definition) is 0. The van der Waals surface area contributed by atoms with Gasteiger partial charge in [0.1, 0.15) is 16.6 Å². The van der Waals surface area contributed by atoms with Crippen molar-refractivity contribution in [3.05, 3.63) is 22.8 Å². The molecule has 1 saturated heterocycles. The summed E-state index contributed by atoms with van der Waals surface area (Å²) >= 11 is 6.18. The minimum atomic E-state index is -2.69. The molecule has 28 heavy (non-hydrogen) atoms. The van der Waals surface area contributed by atoms with Crippen molar-refractivity contribution < 1.29 is 18.3 Å². The lowest BCUT2D eigenvalue weighted by Gasteiger charge is -2.26. The molecule has 0 aromatic carbocycles. The fourth-order valence-electron chi connectivity index (χ4n) is 3.22. The molecule has 8 heteroatoms. The van der Waals surface area contributed by atoms with E-state index in [4.69, 9.17) is 16.3 Å². The largest absolute Gasteiger partial charge is 0.444 e. The Labute approximate surface area is 171 Å². The predicted molar refractivity (Wildman–Crippen MR) is 108 cm³/mol. The summed E-state index contributed by atoms with van der Waals surface area (Å²) in [6.45, 7) is 7.98. The van der Waals surface area contributed by atoms with E-state index in [2.05, 4.69) is 11.9 Å². The lowest BCUT2D eigenvalue weighted by molar-refractivity contribution is 0.0255. The van der Waals surface area contributed by atoms with Gasteiger partial charge in [-0.1, -0.05) is 18.5 Å². The number of hydrogen-bond acceptors (Lipinski definition) is 4. The molecule has 0 radical (unpaired) electrons. The van der Waals surface area contributed by atoms with E-state index in [-0.39, 0.29) is 31.5 Å². The van der Waals surface area contributed by atoms with Gasteiger partial charge in [0.15, 0.2) is 0 Å². The average Bonchev–Trinajstić information content (AvgIpc) is 2.93. The van der Waals surface area contributed by atoms with Crippen molar-refractivity contribution in [2.45, 2.75) is 64.4 Å². The SMILES string of the molecule is CCC(CCN(C)C(=O)OC(C)(C)C)c1cc(Cl)nc(N2CCC(F)(F)C2)c1. The van der Waals surface area contributed by atoms with E-state index in [9.17, 15) is 13.6 Å². The summed E-state index contributed by atoms with van der Waals surface area (Å²) in [6.07, 6.45) is 1.00. The number of rotatable bonds is 6. The highest BCUT2D eigenvalue weighted by molar-refractivity contribution is 6.29. The molecule has 1 aliphatic rings. The Morgan fingerprint density at radius 2 is 2.11 bits per heavy atom. The van der Waals surface area contributed by atoms with E-state index in [0.29, 0.717) is 23.9 Å². The number of alkyl halides is 2. The number of nitrogens with zero attached hydrogens (tertiary/aromatic N) is 3. The Kier molecular flexibility index (Phi) is 7.12.